The van der Waals surface area contributed by atoms with Gasteiger partial charge >= 0.3 is 0 Å². The number of nitrogens with zero attached hydrogens (tertiary/aromatic N) is 1. The smallest absolute Gasteiger partial charge is 0.244 e. The summed E-state index contributed by atoms with van der Waals surface area (Å²) in [4.78, 5) is 13.9. The number of likely N-dealkylation sites (N-methyl/N-ethyl adjacent to an activating group) is 1. The minimum absolute atomic E-state index is 0.00900. The molecule has 1 aliphatic heterocycles. The summed E-state index contributed by atoms with van der Waals surface area (Å²) >= 11 is 0. The van der Waals surface area contributed by atoms with Gasteiger partial charge in [-0.2, -0.15) is 0 Å². The highest BCUT2D eigenvalue weighted by atomic mass is 16.2. The van der Waals surface area contributed by atoms with Gasteiger partial charge in [-0.1, -0.05) is 19.1 Å². The topological polar surface area (TPSA) is 32.3 Å². The van der Waals surface area contributed by atoms with Crippen LogP contribution < -0.4 is 10.2 Å². The Labute approximate surface area is 96.5 Å². The highest BCUT2D eigenvalue weighted by Crippen LogP contribution is 2.22. The van der Waals surface area contributed by atoms with Crippen molar-refractivity contribution in [1.82, 2.24) is 5.32 Å². The van der Waals surface area contributed by atoms with Crippen LogP contribution in [0.1, 0.15) is 18.9 Å². The number of benzene rings is 1. The van der Waals surface area contributed by atoms with Crippen LogP contribution in [-0.2, 0) is 11.2 Å². The Kier molecular flexibility index (Phi) is 3.25. The van der Waals surface area contributed by atoms with E-state index in [1.54, 1.807) is 0 Å². The van der Waals surface area contributed by atoms with E-state index in [1.165, 1.54) is 5.56 Å². The van der Waals surface area contributed by atoms with Gasteiger partial charge in [0.1, 0.15) is 0 Å². The molecule has 1 aromatic carbocycles. The van der Waals surface area contributed by atoms with E-state index in [2.05, 4.69) is 24.4 Å². The molecule has 1 aliphatic rings. The van der Waals surface area contributed by atoms with Crippen LogP contribution in [0.4, 0.5) is 5.69 Å². The van der Waals surface area contributed by atoms with Gasteiger partial charge < -0.3 is 10.2 Å². The summed E-state index contributed by atoms with van der Waals surface area (Å²) in [5.74, 6) is 0.191. The highest BCUT2D eigenvalue weighted by molar-refractivity contribution is 5.99. The number of amides is 1. The van der Waals surface area contributed by atoms with Crippen molar-refractivity contribution in [1.29, 1.82) is 0 Å². The molecule has 1 unspecified atom stereocenters. The van der Waals surface area contributed by atoms with E-state index in [0.29, 0.717) is 0 Å². The lowest BCUT2D eigenvalue weighted by Gasteiger charge is -2.17. The first-order chi connectivity index (χ1) is 7.76. The number of rotatable bonds is 3. The molecule has 3 heteroatoms. The lowest BCUT2D eigenvalue weighted by molar-refractivity contribution is -0.118. The largest absolute Gasteiger partial charge is 0.311 e. The second-order valence-electron chi connectivity index (χ2n) is 4.14. The van der Waals surface area contributed by atoms with Crippen LogP contribution in [-0.4, -0.2) is 25.5 Å². The van der Waals surface area contributed by atoms with Crippen molar-refractivity contribution in [3.05, 3.63) is 29.8 Å². The first kappa shape index (κ1) is 11.1. The lowest BCUT2D eigenvalue weighted by atomic mass is 10.1. The van der Waals surface area contributed by atoms with Crippen molar-refractivity contribution in [2.24, 2.45) is 0 Å². The number of aryl methyl sites for hydroxylation is 1. The van der Waals surface area contributed by atoms with Crippen molar-refractivity contribution in [3.63, 3.8) is 0 Å². The predicted octanol–water partition coefficient (Wildman–Crippen LogP) is 1.57. The molecule has 0 aromatic heterocycles. The quantitative estimate of drug-likeness (QED) is 0.835. The van der Waals surface area contributed by atoms with Crippen molar-refractivity contribution >= 4 is 11.6 Å². The Morgan fingerprint density at radius 3 is 2.94 bits per heavy atom. The zero-order valence-corrected chi connectivity index (χ0v) is 9.86. The number of carbonyl (C=O) groups is 1. The molecule has 16 heavy (non-hydrogen) atoms. The van der Waals surface area contributed by atoms with Crippen molar-refractivity contribution in [2.45, 2.75) is 25.8 Å². The van der Waals surface area contributed by atoms with E-state index in [1.807, 2.05) is 24.1 Å². The summed E-state index contributed by atoms with van der Waals surface area (Å²) in [7, 11) is 1.84. The molecule has 86 valence electrons. The van der Waals surface area contributed by atoms with E-state index in [4.69, 9.17) is 0 Å². The summed E-state index contributed by atoms with van der Waals surface area (Å²) in [6, 6.07) is 8.23. The third kappa shape index (κ3) is 1.95. The van der Waals surface area contributed by atoms with Gasteiger partial charge in [-0.25, -0.2) is 0 Å². The van der Waals surface area contributed by atoms with Crippen LogP contribution >= 0.6 is 0 Å². The lowest BCUT2D eigenvalue weighted by Crippen LogP contribution is -2.36. The molecule has 1 saturated heterocycles. The third-order valence-corrected chi connectivity index (χ3v) is 3.18. The number of anilines is 1. The molecule has 0 radical (unpaired) electrons. The van der Waals surface area contributed by atoms with Gasteiger partial charge in [0.25, 0.3) is 0 Å². The molecule has 1 aromatic rings. The number of hydrogen-bond acceptors (Lipinski definition) is 2. The predicted molar refractivity (Wildman–Crippen MR) is 65.6 cm³/mol. The van der Waals surface area contributed by atoms with E-state index < -0.39 is 0 Å². The minimum atomic E-state index is -0.00900. The Bertz CT molecular complexity index is 389. The van der Waals surface area contributed by atoms with E-state index in [-0.39, 0.29) is 11.9 Å². The summed E-state index contributed by atoms with van der Waals surface area (Å²) < 4.78 is 0. The molecule has 0 aliphatic carbocycles. The van der Waals surface area contributed by atoms with Gasteiger partial charge in [-0.05, 0) is 37.6 Å². The van der Waals surface area contributed by atoms with Gasteiger partial charge in [0.05, 0.1) is 6.04 Å². The number of carbonyl (C=O) groups excluding carboxylic acids is 1. The number of nitrogens with one attached hydrogen (secondary N) is 1. The van der Waals surface area contributed by atoms with Gasteiger partial charge in [-0.3, -0.25) is 4.79 Å². The minimum Gasteiger partial charge on any atom is -0.311 e. The van der Waals surface area contributed by atoms with Crippen molar-refractivity contribution in [3.8, 4) is 0 Å². The Hall–Kier alpha value is -1.35. The van der Waals surface area contributed by atoms with Crippen LogP contribution in [0, 0.1) is 0 Å². The van der Waals surface area contributed by atoms with E-state index in [0.717, 1.165) is 25.1 Å². The van der Waals surface area contributed by atoms with Crippen LogP contribution in [0.25, 0.3) is 0 Å². The van der Waals surface area contributed by atoms with Crippen molar-refractivity contribution in [2.75, 3.05) is 18.5 Å². The van der Waals surface area contributed by atoms with Crippen LogP contribution in [0.2, 0.25) is 0 Å². The highest BCUT2D eigenvalue weighted by Gasteiger charge is 2.31. The molecule has 1 heterocycles. The summed E-state index contributed by atoms with van der Waals surface area (Å²) in [6.07, 6.45) is 1.90. The van der Waals surface area contributed by atoms with Crippen LogP contribution in [0.3, 0.4) is 0 Å². The molecule has 0 bridgehead atoms. The average molecular weight is 218 g/mol. The SMILES string of the molecule is CCc1cccc(N2CCC(NC)C2=O)c1. The first-order valence-electron chi connectivity index (χ1n) is 5.84. The van der Waals surface area contributed by atoms with Gasteiger partial charge in [0.15, 0.2) is 0 Å². The molecule has 1 atom stereocenters. The molecule has 1 N–H and O–H groups in total. The molecule has 0 saturated carbocycles. The molecule has 2 rings (SSSR count). The summed E-state index contributed by atoms with van der Waals surface area (Å²) in [6.45, 7) is 2.94. The first-order valence-corrected chi connectivity index (χ1v) is 5.84. The fourth-order valence-corrected chi connectivity index (χ4v) is 2.15. The Morgan fingerprint density at radius 2 is 2.31 bits per heavy atom. The third-order valence-electron chi connectivity index (χ3n) is 3.18. The van der Waals surface area contributed by atoms with E-state index in [9.17, 15) is 4.79 Å². The Morgan fingerprint density at radius 1 is 1.50 bits per heavy atom. The fourth-order valence-electron chi connectivity index (χ4n) is 2.15. The maximum atomic E-state index is 12.0. The van der Waals surface area contributed by atoms with Crippen LogP contribution in [0.5, 0.6) is 0 Å². The number of hydrogen-bond donors (Lipinski definition) is 1. The summed E-state index contributed by atoms with van der Waals surface area (Å²) in [5.41, 5.74) is 2.31. The molecule has 3 nitrogen and oxygen atoms in total. The Balaban J connectivity index is 2.21. The zero-order valence-electron chi connectivity index (χ0n) is 9.86. The average Bonchev–Trinajstić information content (AvgIpc) is 2.70. The van der Waals surface area contributed by atoms with Gasteiger partial charge in [0.2, 0.25) is 5.91 Å². The zero-order chi connectivity index (χ0) is 11.5. The van der Waals surface area contributed by atoms with Gasteiger partial charge in [0, 0.05) is 12.2 Å². The van der Waals surface area contributed by atoms with E-state index >= 15 is 0 Å². The second kappa shape index (κ2) is 4.66. The maximum Gasteiger partial charge on any atom is 0.244 e. The second-order valence-corrected chi connectivity index (χ2v) is 4.14. The molecule has 0 spiro atoms. The fraction of sp³-hybridized carbons (Fsp3) is 0.462. The van der Waals surface area contributed by atoms with Crippen molar-refractivity contribution < 1.29 is 4.79 Å². The van der Waals surface area contributed by atoms with Gasteiger partial charge in [-0.15, -0.1) is 0 Å². The molecule has 1 fully saturated rings. The summed E-state index contributed by atoms with van der Waals surface area (Å²) in [5, 5.41) is 3.05. The molecule has 1 amide bonds. The molecular weight excluding hydrogens is 200 g/mol. The maximum absolute atomic E-state index is 12.0. The van der Waals surface area contributed by atoms with Crippen LogP contribution in [0.15, 0.2) is 24.3 Å². The standard InChI is InChI=1S/C13H18N2O/c1-3-10-5-4-6-11(9-10)15-8-7-12(14-2)13(15)16/h4-6,9,12,14H,3,7-8H2,1-2H3. The normalized spacial score (nSPS) is 20.5. The molecular formula is C13H18N2O. The monoisotopic (exact) mass is 218 g/mol.